The zero-order valence-electron chi connectivity index (χ0n) is 4.16. The van der Waals surface area contributed by atoms with Crippen LogP contribution in [0.2, 0.25) is 0 Å². The Morgan fingerprint density at radius 3 is 2.12 bits per heavy atom. The fourth-order valence-corrected chi connectivity index (χ4v) is 1.26. The molecule has 0 saturated carbocycles. The topological polar surface area (TPSA) is 66.4 Å². The molecule has 48 valence electrons. The molecule has 2 N–H and O–H groups in total. The van der Waals surface area contributed by atoms with Gasteiger partial charge in [-0.05, 0) is 13.0 Å². The van der Waals surface area contributed by atoms with Gasteiger partial charge in [0.25, 0.3) is 10.1 Å². The molecule has 1 heterocycles. The van der Waals surface area contributed by atoms with Crippen molar-refractivity contribution >= 4 is 10.1 Å². The van der Waals surface area contributed by atoms with Crippen LogP contribution in [0.3, 0.4) is 0 Å². The Labute approximate surface area is 47.6 Å². The first-order valence-corrected chi connectivity index (χ1v) is 3.81. The summed E-state index contributed by atoms with van der Waals surface area (Å²) in [5.74, 6) is 0. The van der Waals surface area contributed by atoms with E-state index >= 15 is 0 Å². The van der Waals surface area contributed by atoms with E-state index in [0.29, 0.717) is 13.0 Å². The van der Waals surface area contributed by atoms with E-state index < -0.39 is 15.5 Å². The second-order valence-electron chi connectivity index (χ2n) is 1.75. The highest BCUT2D eigenvalue weighted by Gasteiger charge is 2.28. The second kappa shape index (κ2) is 1.68. The van der Waals surface area contributed by atoms with Crippen molar-refractivity contribution in [3.8, 4) is 0 Å². The summed E-state index contributed by atoms with van der Waals surface area (Å²) in [6.07, 6.45) is 0.527. The van der Waals surface area contributed by atoms with Crippen LogP contribution in [0.4, 0.5) is 0 Å². The summed E-state index contributed by atoms with van der Waals surface area (Å²) in [6.45, 7) is 0.685. The van der Waals surface area contributed by atoms with Gasteiger partial charge in [0.15, 0.2) is 0 Å². The van der Waals surface area contributed by atoms with E-state index in [0.717, 1.165) is 0 Å². The van der Waals surface area contributed by atoms with Gasteiger partial charge < -0.3 is 0 Å². The first-order valence-electron chi connectivity index (χ1n) is 2.30. The number of rotatable bonds is 1. The lowest BCUT2D eigenvalue weighted by molar-refractivity contribution is 0.395. The van der Waals surface area contributed by atoms with Gasteiger partial charge in [0.1, 0.15) is 5.37 Å². The van der Waals surface area contributed by atoms with Crippen LogP contribution in [0.5, 0.6) is 0 Å². The zero-order valence-corrected chi connectivity index (χ0v) is 4.98. The summed E-state index contributed by atoms with van der Waals surface area (Å²) in [6, 6.07) is 0. The third-order valence-electron chi connectivity index (χ3n) is 1.14. The molecule has 0 aromatic carbocycles. The van der Waals surface area contributed by atoms with E-state index in [2.05, 4.69) is 5.32 Å². The second-order valence-corrected chi connectivity index (χ2v) is 3.35. The van der Waals surface area contributed by atoms with Crippen molar-refractivity contribution in [2.45, 2.75) is 11.8 Å². The Morgan fingerprint density at radius 1 is 1.62 bits per heavy atom. The maximum atomic E-state index is 10.1. The van der Waals surface area contributed by atoms with Crippen LogP contribution in [0.25, 0.3) is 0 Å². The summed E-state index contributed by atoms with van der Waals surface area (Å²) >= 11 is 0. The minimum atomic E-state index is -3.78. The van der Waals surface area contributed by atoms with E-state index in [-0.39, 0.29) is 0 Å². The van der Waals surface area contributed by atoms with E-state index in [1.165, 1.54) is 0 Å². The summed E-state index contributed by atoms with van der Waals surface area (Å²) in [4.78, 5) is 0. The standard InChI is InChI=1S/C3H7NO3S/c5-8(6,7)3-1-2-4-3/h3-4H,1-2H2,(H,5,6,7). The Bertz CT molecular complexity index is 169. The highest BCUT2D eigenvalue weighted by Crippen LogP contribution is 2.06. The van der Waals surface area contributed by atoms with Crippen molar-refractivity contribution in [2.75, 3.05) is 6.54 Å². The van der Waals surface area contributed by atoms with Gasteiger partial charge in [-0.1, -0.05) is 0 Å². The molecule has 8 heavy (non-hydrogen) atoms. The molecule has 0 aromatic heterocycles. The van der Waals surface area contributed by atoms with Crippen LogP contribution in [-0.4, -0.2) is 24.9 Å². The van der Waals surface area contributed by atoms with Crippen molar-refractivity contribution < 1.29 is 13.0 Å². The Balaban J connectivity index is 2.60. The fourth-order valence-electron chi connectivity index (χ4n) is 0.516. The fraction of sp³-hybridized carbons (Fsp3) is 1.00. The third-order valence-corrected chi connectivity index (χ3v) is 2.26. The summed E-state index contributed by atoms with van der Waals surface area (Å²) in [5, 5.41) is 1.86. The summed E-state index contributed by atoms with van der Waals surface area (Å²) < 4.78 is 28.5. The van der Waals surface area contributed by atoms with E-state index in [1.807, 2.05) is 0 Å². The molecule has 0 aromatic rings. The van der Waals surface area contributed by atoms with Crippen molar-refractivity contribution in [3.63, 3.8) is 0 Å². The van der Waals surface area contributed by atoms with E-state index in [9.17, 15) is 8.42 Å². The lowest BCUT2D eigenvalue weighted by Gasteiger charge is -2.23. The SMILES string of the molecule is O=S(=O)(O)C1CCN1. The molecular weight excluding hydrogens is 130 g/mol. The molecule has 1 unspecified atom stereocenters. The minimum absolute atomic E-state index is 0.527. The molecule has 1 fully saturated rings. The van der Waals surface area contributed by atoms with E-state index in [1.54, 1.807) is 0 Å². The van der Waals surface area contributed by atoms with Crippen LogP contribution >= 0.6 is 0 Å². The van der Waals surface area contributed by atoms with Crippen LogP contribution < -0.4 is 5.32 Å². The third kappa shape index (κ3) is 0.988. The predicted octanol–water partition coefficient (Wildman–Crippen LogP) is -0.806. The monoisotopic (exact) mass is 137 g/mol. The normalized spacial score (nSPS) is 29.4. The minimum Gasteiger partial charge on any atom is -0.299 e. The smallest absolute Gasteiger partial charge is 0.281 e. The number of hydrogen-bond acceptors (Lipinski definition) is 3. The quantitative estimate of drug-likeness (QED) is 0.464. The van der Waals surface area contributed by atoms with Crippen molar-refractivity contribution in [1.29, 1.82) is 0 Å². The number of hydrogen-bond donors (Lipinski definition) is 2. The largest absolute Gasteiger partial charge is 0.299 e. The van der Waals surface area contributed by atoms with Gasteiger partial charge >= 0.3 is 0 Å². The molecule has 1 rings (SSSR count). The van der Waals surface area contributed by atoms with Crippen LogP contribution in [-0.2, 0) is 10.1 Å². The Kier molecular flexibility index (Phi) is 1.26. The van der Waals surface area contributed by atoms with E-state index in [4.69, 9.17) is 4.55 Å². The van der Waals surface area contributed by atoms with Gasteiger partial charge in [0.2, 0.25) is 0 Å². The highest BCUT2D eigenvalue weighted by molar-refractivity contribution is 7.86. The molecule has 1 aliphatic rings. The highest BCUT2D eigenvalue weighted by atomic mass is 32.2. The van der Waals surface area contributed by atoms with Crippen LogP contribution in [0.1, 0.15) is 6.42 Å². The molecule has 0 radical (unpaired) electrons. The Morgan fingerprint density at radius 2 is 2.12 bits per heavy atom. The lowest BCUT2D eigenvalue weighted by atomic mass is 10.3. The molecule has 0 aliphatic carbocycles. The molecule has 0 bridgehead atoms. The van der Waals surface area contributed by atoms with Gasteiger partial charge in [-0.15, -0.1) is 0 Å². The summed E-state index contributed by atoms with van der Waals surface area (Å²) in [7, 11) is -3.78. The summed E-state index contributed by atoms with van der Waals surface area (Å²) in [5.41, 5.74) is 0. The molecule has 0 amide bonds. The van der Waals surface area contributed by atoms with Crippen molar-refractivity contribution in [2.24, 2.45) is 0 Å². The molecule has 1 saturated heterocycles. The predicted molar refractivity (Wildman–Crippen MR) is 28.0 cm³/mol. The van der Waals surface area contributed by atoms with Crippen molar-refractivity contribution in [1.82, 2.24) is 5.32 Å². The van der Waals surface area contributed by atoms with Gasteiger partial charge in [-0.3, -0.25) is 9.87 Å². The first kappa shape index (κ1) is 6.00. The molecule has 1 aliphatic heterocycles. The molecular formula is C3H7NO3S. The van der Waals surface area contributed by atoms with Crippen molar-refractivity contribution in [3.05, 3.63) is 0 Å². The van der Waals surface area contributed by atoms with Crippen LogP contribution in [0, 0.1) is 0 Å². The average molecular weight is 137 g/mol. The maximum Gasteiger partial charge on any atom is 0.281 e. The van der Waals surface area contributed by atoms with Gasteiger partial charge in [0.05, 0.1) is 0 Å². The Hall–Kier alpha value is -0.130. The first-order chi connectivity index (χ1) is 3.61. The van der Waals surface area contributed by atoms with Crippen LogP contribution in [0.15, 0.2) is 0 Å². The van der Waals surface area contributed by atoms with Gasteiger partial charge in [0, 0.05) is 0 Å². The van der Waals surface area contributed by atoms with Gasteiger partial charge in [-0.2, -0.15) is 8.42 Å². The maximum absolute atomic E-state index is 10.1. The number of nitrogens with one attached hydrogen (secondary N) is 1. The van der Waals surface area contributed by atoms with Gasteiger partial charge in [-0.25, -0.2) is 0 Å². The molecule has 5 heteroatoms. The zero-order chi connectivity index (χ0) is 6.20. The molecule has 1 atom stereocenters. The molecule has 4 nitrogen and oxygen atoms in total. The average Bonchev–Trinajstić information content (AvgIpc) is 1.16. The lowest BCUT2D eigenvalue weighted by Crippen LogP contribution is -2.47. The molecule has 0 spiro atoms.